The molecule has 0 atom stereocenters. The van der Waals surface area contributed by atoms with Crippen LogP contribution < -0.4 is 10.6 Å². The van der Waals surface area contributed by atoms with Crippen molar-refractivity contribution in [3.63, 3.8) is 0 Å². The van der Waals surface area contributed by atoms with Gasteiger partial charge in [0.15, 0.2) is 5.96 Å². The van der Waals surface area contributed by atoms with Gasteiger partial charge >= 0.3 is 0 Å². The van der Waals surface area contributed by atoms with Crippen molar-refractivity contribution >= 4 is 29.2 Å². The minimum absolute atomic E-state index is 0.664. The van der Waals surface area contributed by atoms with Crippen LogP contribution in [0.1, 0.15) is 18.9 Å². The van der Waals surface area contributed by atoms with E-state index in [2.05, 4.69) is 15.6 Å². The van der Waals surface area contributed by atoms with E-state index in [4.69, 9.17) is 27.9 Å². The zero-order chi connectivity index (χ0) is 15.5. The molecule has 0 aromatic heterocycles. The topological polar surface area (TPSA) is 45.7 Å². The number of benzene rings is 1. The summed E-state index contributed by atoms with van der Waals surface area (Å²) < 4.78 is 5.01. The Morgan fingerprint density at radius 1 is 1.19 bits per heavy atom. The summed E-state index contributed by atoms with van der Waals surface area (Å²) in [6.45, 7) is 5.12. The molecule has 0 heterocycles. The Bertz CT molecular complexity index is 432. The Hall–Kier alpha value is -0.970. The molecule has 0 bridgehead atoms. The lowest BCUT2D eigenvalue weighted by atomic mass is 10.1. The zero-order valence-electron chi connectivity index (χ0n) is 12.6. The summed E-state index contributed by atoms with van der Waals surface area (Å²) in [7, 11) is 1.70. The lowest BCUT2D eigenvalue weighted by Gasteiger charge is -2.11. The number of nitrogens with zero attached hydrogens (tertiary/aromatic N) is 1. The summed E-state index contributed by atoms with van der Waals surface area (Å²) in [5.74, 6) is 0.821. The van der Waals surface area contributed by atoms with Crippen LogP contribution in [-0.4, -0.2) is 39.3 Å². The first-order chi connectivity index (χ1) is 10.2. The van der Waals surface area contributed by atoms with Crippen LogP contribution in [0.25, 0.3) is 0 Å². The van der Waals surface area contributed by atoms with Gasteiger partial charge in [0.05, 0.1) is 0 Å². The molecule has 0 aliphatic carbocycles. The molecule has 6 heteroatoms. The average molecular weight is 332 g/mol. The van der Waals surface area contributed by atoms with Crippen molar-refractivity contribution in [2.45, 2.75) is 19.8 Å². The standard InChI is InChI=1S/C15H23Cl2N3O/c1-3-18-15(19-6-4-8-21-2)20-7-5-12-9-13(16)11-14(17)10-12/h9-11H,3-8H2,1-2H3,(H2,18,19,20). The lowest BCUT2D eigenvalue weighted by molar-refractivity contribution is 0.197. The van der Waals surface area contributed by atoms with Crippen molar-refractivity contribution in [1.29, 1.82) is 0 Å². The smallest absolute Gasteiger partial charge is 0.191 e. The van der Waals surface area contributed by atoms with Crippen molar-refractivity contribution in [1.82, 2.24) is 10.6 Å². The minimum Gasteiger partial charge on any atom is -0.385 e. The second-order valence-corrected chi connectivity index (χ2v) is 5.43. The van der Waals surface area contributed by atoms with Crippen molar-refractivity contribution in [2.24, 2.45) is 4.99 Å². The van der Waals surface area contributed by atoms with Crippen molar-refractivity contribution in [3.05, 3.63) is 33.8 Å². The van der Waals surface area contributed by atoms with E-state index < -0.39 is 0 Å². The van der Waals surface area contributed by atoms with Gasteiger partial charge in [0.25, 0.3) is 0 Å². The highest BCUT2D eigenvalue weighted by atomic mass is 35.5. The van der Waals surface area contributed by atoms with Crippen LogP contribution in [0.3, 0.4) is 0 Å². The van der Waals surface area contributed by atoms with Gasteiger partial charge in [-0.25, -0.2) is 0 Å². The van der Waals surface area contributed by atoms with Gasteiger partial charge in [-0.3, -0.25) is 4.99 Å². The van der Waals surface area contributed by atoms with Gasteiger partial charge in [-0.1, -0.05) is 23.2 Å². The third kappa shape index (κ3) is 8.15. The average Bonchev–Trinajstić information content (AvgIpc) is 2.42. The maximum atomic E-state index is 5.99. The van der Waals surface area contributed by atoms with Gasteiger partial charge in [-0.2, -0.15) is 0 Å². The number of rotatable bonds is 8. The van der Waals surface area contributed by atoms with Gasteiger partial charge < -0.3 is 15.4 Å². The first kappa shape index (κ1) is 18.1. The van der Waals surface area contributed by atoms with Crippen molar-refractivity contribution < 1.29 is 4.74 Å². The molecule has 1 aromatic rings. The van der Waals surface area contributed by atoms with Crippen LogP contribution in [0.15, 0.2) is 23.2 Å². The summed E-state index contributed by atoms with van der Waals surface area (Å²) >= 11 is 12.0. The predicted octanol–water partition coefficient (Wildman–Crippen LogP) is 3.13. The number of methoxy groups -OCH3 is 1. The Morgan fingerprint density at radius 3 is 2.52 bits per heavy atom. The number of ether oxygens (including phenoxy) is 1. The molecular weight excluding hydrogens is 309 g/mol. The number of guanidine groups is 1. The fourth-order valence-corrected chi connectivity index (χ4v) is 2.39. The monoisotopic (exact) mass is 331 g/mol. The molecule has 0 aliphatic heterocycles. The van der Waals surface area contributed by atoms with E-state index in [1.165, 1.54) is 0 Å². The van der Waals surface area contributed by atoms with Gasteiger partial charge in [-0.15, -0.1) is 0 Å². The highest BCUT2D eigenvalue weighted by Gasteiger charge is 2.00. The molecule has 0 saturated carbocycles. The first-order valence-corrected chi connectivity index (χ1v) is 7.87. The number of hydrogen-bond donors (Lipinski definition) is 2. The molecule has 0 fully saturated rings. The third-order valence-electron chi connectivity index (χ3n) is 2.75. The van der Waals surface area contributed by atoms with Crippen LogP contribution >= 0.6 is 23.2 Å². The van der Waals surface area contributed by atoms with Crippen molar-refractivity contribution in [3.8, 4) is 0 Å². The molecule has 2 N–H and O–H groups in total. The zero-order valence-corrected chi connectivity index (χ0v) is 14.1. The van der Waals surface area contributed by atoms with Crippen LogP contribution in [-0.2, 0) is 11.2 Å². The largest absolute Gasteiger partial charge is 0.385 e. The molecule has 0 unspecified atom stereocenters. The van der Waals surface area contributed by atoms with E-state index in [0.717, 1.165) is 50.6 Å². The Labute approximate surface area is 136 Å². The molecular formula is C15H23Cl2N3O. The van der Waals surface area contributed by atoms with Gasteiger partial charge in [-0.05, 0) is 43.5 Å². The quantitative estimate of drug-likeness (QED) is 0.437. The summed E-state index contributed by atoms with van der Waals surface area (Å²) in [6, 6.07) is 5.59. The summed E-state index contributed by atoms with van der Waals surface area (Å²) in [5, 5.41) is 7.84. The molecule has 1 aromatic carbocycles. The van der Waals surface area contributed by atoms with Gasteiger partial charge in [0, 0.05) is 43.4 Å². The fraction of sp³-hybridized carbons (Fsp3) is 0.533. The molecule has 0 spiro atoms. The molecule has 0 aliphatic rings. The van der Waals surface area contributed by atoms with E-state index in [-0.39, 0.29) is 0 Å². The minimum atomic E-state index is 0.664. The van der Waals surface area contributed by atoms with Crippen LogP contribution in [0.2, 0.25) is 10.0 Å². The van der Waals surface area contributed by atoms with E-state index in [1.807, 2.05) is 19.1 Å². The summed E-state index contributed by atoms with van der Waals surface area (Å²) in [4.78, 5) is 4.48. The van der Waals surface area contributed by atoms with Crippen LogP contribution in [0, 0.1) is 0 Å². The predicted molar refractivity (Wildman–Crippen MR) is 90.6 cm³/mol. The molecule has 1 rings (SSSR count). The molecule has 0 amide bonds. The number of halogens is 2. The highest BCUT2D eigenvalue weighted by molar-refractivity contribution is 6.34. The summed E-state index contributed by atoms with van der Waals surface area (Å²) in [6.07, 6.45) is 1.75. The van der Waals surface area contributed by atoms with Crippen LogP contribution in [0.5, 0.6) is 0 Å². The van der Waals surface area contributed by atoms with Gasteiger partial charge in [0.2, 0.25) is 0 Å². The second kappa shape index (κ2) is 10.7. The van der Waals surface area contributed by atoms with Gasteiger partial charge in [0.1, 0.15) is 0 Å². The van der Waals surface area contributed by atoms with E-state index in [1.54, 1.807) is 13.2 Å². The maximum absolute atomic E-state index is 5.99. The van der Waals surface area contributed by atoms with Crippen molar-refractivity contribution in [2.75, 3.05) is 33.4 Å². The summed E-state index contributed by atoms with van der Waals surface area (Å²) in [5.41, 5.74) is 1.11. The maximum Gasteiger partial charge on any atom is 0.191 e. The van der Waals surface area contributed by atoms with E-state index in [9.17, 15) is 0 Å². The highest BCUT2D eigenvalue weighted by Crippen LogP contribution is 2.19. The Balaban J connectivity index is 2.41. The number of hydrogen-bond acceptors (Lipinski definition) is 2. The number of nitrogens with one attached hydrogen (secondary N) is 2. The Kier molecular flexibility index (Phi) is 9.22. The third-order valence-corrected chi connectivity index (χ3v) is 3.19. The SMILES string of the molecule is CCNC(=NCCCOC)NCCc1cc(Cl)cc(Cl)c1. The molecule has 0 radical (unpaired) electrons. The van der Waals surface area contributed by atoms with E-state index >= 15 is 0 Å². The second-order valence-electron chi connectivity index (χ2n) is 4.56. The fourth-order valence-electron chi connectivity index (χ4n) is 1.82. The first-order valence-electron chi connectivity index (χ1n) is 7.11. The molecule has 0 saturated heterocycles. The molecule has 21 heavy (non-hydrogen) atoms. The number of aliphatic imine (C=N–C) groups is 1. The van der Waals surface area contributed by atoms with Crippen LogP contribution in [0.4, 0.5) is 0 Å². The molecule has 118 valence electrons. The van der Waals surface area contributed by atoms with E-state index in [0.29, 0.717) is 10.0 Å². The lowest BCUT2D eigenvalue weighted by Crippen LogP contribution is -2.38. The Morgan fingerprint density at radius 2 is 1.90 bits per heavy atom. The normalized spacial score (nSPS) is 11.5. The molecule has 4 nitrogen and oxygen atoms in total.